The lowest BCUT2D eigenvalue weighted by atomic mass is 10.1. The Morgan fingerprint density at radius 1 is 0.913 bits per heavy atom. The van der Waals surface area contributed by atoms with E-state index >= 15 is 0 Å². The smallest absolute Gasteiger partial charge is 0.294 e. The summed E-state index contributed by atoms with van der Waals surface area (Å²) in [6.07, 6.45) is -2.12. The maximum Gasteiger partial charge on any atom is 0.294 e. The largest absolute Gasteiger partial charge is 0.388 e. The highest BCUT2D eigenvalue weighted by Crippen LogP contribution is 2.45. The molecule has 4 rings (SSSR count). The van der Waals surface area contributed by atoms with Gasteiger partial charge in [0.2, 0.25) is 0 Å². The molecule has 8 atom stereocenters. The third-order valence-corrected chi connectivity index (χ3v) is 7.70. The zero-order valence-electron chi connectivity index (χ0n) is 12.0. The molecule has 11 heteroatoms. The van der Waals surface area contributed by atoms with Gasteiger partial charge in [-0.3, -0.25) is 0 Å². The van der Waals surface area contributed by atoms with Gasteiger partial charge in [-0.05, 0) is 0 Å². The van der Waals surface area contributed by atoms with Crippen LogP contribution in [0.5, 0.6) is 0 Å². The van der Waals surface area contributed by atoms with E-state index in [9.17, 15) is 15.2 Å². The minimum atomic E-state index is -0.798. The van der Waals surface area contributed by atoms with Gasteiger partial charge in [-0.2, -0.15) is 0 Å². The summed E-state index contributed by atoms with van der Waals surface area (Å²) in [6.45, 7) is 1.50. The highest BCUT2D eigenvalue weighted by atomic mass is 33.1. The first-order valence-corrected chi connectivity index (χ1v) is 9.69. The number of rotatable bonds is 5. The molecule has 9 nitrogen and oxygen atoms in total. The van der Waals surface area contributed by atoms with Gasteiger partial charge in [-0.15, -0.1) is 10.1 Å². The highest BCUT2D eigenvalue weighted by molar-refractivity contribution is 8.77. The number of nitrogens with zero attached hydrogens (tertiary/aromatic N) is 1. The molecule has 4 unspecified atom stereocenters. The van der Waals surface area contributed by atoms with Crippen molar-refractivity contribution < 1.29 is 34.0 Å². The van der Waals surface area contributed by atoms with Gasteiger partial charge in [0.1, 0.15) is 30.5 Å². The van der Waals surface area contributed by atoms with E-state index in [1.54, 1.807) is 21.6 Å². The van der Waals surface area contributed by atoms with Gasteiger partial charge in [0.25, 0.3) is 5.09 Å². The van der Waals surface area contributed by atoms with Gasteiger partial charge in [0, 0.05) is 0 Å². The lowest BCUT2D eigenvalue weighted by Crippen LogP contribution is -2.33. The quantitative estimate of drug-likeness (QED) is 0.393. The fourth-order valence-electron chi connectivity index (χ4n) is 3.38. The normalized spacial score (nSPS) is 48.4. The van der Waals surface area contributed by atoms with Crippen molar-refractivity contribution in [3.05, 3.63) is 10.1 Å². The molecule has 4 aliphatic rings. The van der Waals surface area contributed by atoms with Gasteiger partial charge in [0.15, 0.2) is 6.10 Å². The number of hydrogen-bond acceptors (Lipinski definition) is 10. The van der Waals surface area contributed by atoms with Crippen molar-refractivity contribution in [1.82, 2.24) is 0 Å². The molecule has 0 radical (unpaired) electrons. The van der Waals surface area contributed by atoms with Crippen molar-refractivity contribution >= 4 is 21.6 Å². The van der Waals surface area contributed by atoms with Gasteiger partial charge in [-0.1, -0.05) is 21.6 Å². The average Bonchev–Trinajstić information content (AvgIpc) is 3.22. The van der Waals surface area contributed by atoms with Crippen LogP contribution in [0, 0.1) is 10.1 Å². The summed E-state index contributed by atoms with van der Waals surface area (Å²) in [7, 11) is 3.27. The van der Waals surface area contributed by atoms with Crippen LogP contribution in [0.4, 0.5) is 0 Å². The predicted molar refractivity (Wildman–Crippen MR) is 79.6 cm³/mol. The summed E-state index contributed by atoms with van der Waals surface area (Å²) in [5.41, 5.74) is 0. The maximum absolute atomic E-state index is 10.5. The molecule has 0 aromatic heterocycles. The second-order valence-electron chi connectivity index (χ2n) is 5.90. The van der Waals surface area contributed by atoms with Gasteiger partial charge >= 0.3 is 0 Å². The van der Waals surface area contributed by atoms with Crippen LogP contribution in [0.1, 0.15) is 0 Å². The zero-order chi connectivity index (χ0) is 16.0. The molecule has 0 amide bonds. The molecule has 0 saturated carbocycles. The first-order chi connectivity index (χ1) is 11.1. The van der Waals surface area contributed by atoms with E-state index in [0.717, 1.165) is 0 Å². The van der Waals surface area contributed by atoms with E-state index in [0.29, 0.717) is 19.8 Å². The molecule has 4 heterocycles. The van der Waals surface area contributed by atoms with E-state index < -0.39 is 23.4 Å². The lowest BCUT2D eigenvalue weighted by Gasteiger charge is -2.19. The van der Waals surface area contributed by atoms with Crippen LogP contribution in [0.15, 0.2) is 0 Å². The van der Waals surface area contributed by atoms with E-state index in [2.05, 4.69) is 4.84 Å². The van der Waals surface area contributed by atoms with Gasteiger partial charge < -0.3 is 28.9 Å². The summed E-state index contributed by atoms with van der Waals surface area (Å²) in [5, 5.41) is 19.6. The minimum Gasteiger partial charge on any atom is -0.388 e. The second-order valence-corrected chi connectivity index (χ2v) is 8.65. The second kappa shape index (κ2) is 6.54. The lowest BCUT2D eigenvalue weighted by molar-refractivity contribution is -0.769. The Kier molecular flexibility index (Phi) is 4.60. The topological polar surface area (TPSA) is 110 Å². The Hall–Kier alpha value is -0.300. The van der Waals surface area contributed by atoms with Crippen molar-refractivity contribution in [2.24, 2.45) is 0 Å². The molecule has 4 fully saturated rings. The Morgan fingerprint density at radius 2 is 1.48 bits per heavy atom. The van der Waals surface area contributed by atoms with Crippen molar-refractivity contribution in [3.63, 3.8) is 0 Å². The molecule has 0 spiro atoms. The monoisotopic (exact) mass is 367 g/mol. The number of aliphatic hydroxyl groups excluding tert-OH is 1. The Morgan fingerprint density at radius 3 is 2.17 bits per heavy atom. The Bertz CT molecular complexity index is 470. The van der Waals surface area contributed by atoms with E-state index in [1.165, 1.54) is 0 Å². The van der Waals surface area contributed by atoms with Crippen LogP contribution in [0.2, 0.25) is 0 Å². The van der Waals surface area contributed by atoms with Crippen LogP contribution >= 0.6 is 21.6 Å². The molecule has 1 N–H and O–H groups in total. The molecular weight excluding hydrogens is 350 g/mol. The SMILES string of the molecule is O=[N+]([O-])O[C@@H]1COC2C1OC[C@@H]2SS[C@H]1COC2C1OC[C@H]2O. The van der Waals surface area contributed by atoms with Crippen molar-refractivity contribution in [2.75, 3.05) is 26.4 Å². The number of aliphatic hydroxyl groups is 1. The standard InChI is InChI=1S/C12H17NO8S2/c14-5-1-17-11-7(3-19-9(5)11)22-23-8-4-20-10-6(21-13(15)16)2-18-12(8)10/h5-12,14H,1-4H2/t5-,6-,7+,8+,9?,10?,11?,12?/m1/s1. The molecule has 130 valence electrons. The summed E-state index contributed by atoms with van der Waals surface area (Å²) in [4.78, 5) is 15.1. The number of hydrogen-bond donors (Lipinski definition) is 1. The number of fused-ring (bicyclic) bond motifs is 2. The Balaban J connectivity index is 1.29. The van der Waals surface area contributed by atoms with Crippen molar-refractivity contribution in [3.8, 4) is 0 Å². The van der Waals surface area contributed by atoms with Crippen LogP contribution in [0.3, 0.4) is 0 Å². The third-order valence-electron chi connectivity index (χ3n) is 4.47. The number of ether oxygens (including phenoxy) is 4. The summed E-state index contributed by atoms with van der Waals surface area (Å²) in [5.74, 6) is 0. The molecular formula is C12H17NO8S2. The molecule has 4 saturated heterocycles. The van der Waals surface area contributed by atoms with Crippen molar-refractivity contribution in [2.45, 2.75) is 47.1 Å². The maximum atomic E-state index is 10.5. The van der Waals surface area contributed by atoms with Crippen LogP contribution < -0.4 is 0 Å². The van der Waals surface area contributed by atoms with E-state index in [4.69, 9.17) is 18.9 Å². The first-order valence-electron chi connectivity index (χ1n) is 7.41. The summed E-state index contributed by atoms with van der Waals surface area (Å²) >= 11 is 0. The fourth-order valence-corrected chi connectivity index (χ4v) is 6.47. The van der Waals surface area contributed by atoms with Crippen LogP contribution in [-0.4, -0.2) is 83.7 Å². The highest BCUT2D eigenvalue weighted by Gasteiger charge is 2.51. The van der Waals surface area contributed by atoms with E-state index in [-0.39, 0.29) is 35.4 Å². The molecule has 0 aromatic rings. The Labute approximate surface area is 139 Å². The summed E-state index contributed by atoms with van der Waals surface area (Å²) < 4.78 is 22.5. The summed E-state index contributed by atoms with van der Waals surface area (Å²) in [6, 6.07) is 0. The first kappa shape index (κ1) is 16.2. The molecule has 0 bridgehead atoms. The minimum absolute atomic E-state index is 0.0794. The van der Waals surface area contributed by atoms with Crippen LogP contribution in [0.25, 0.3) is 0 Å². The average molecular weight is 367 g/mol. The predicted octanol–water partition coefficient (Wildman–Crippen LogP) is -0.362. The van der Waals surface area contributed by atoms with E-state index in [1.807, 2.05) is 0 Å². The van der Waals surface area contributed by atoms with Gasteiger partial charge in [0.05, 0.1) is 36.9 Å². The van der Waals surface area contributed by atoms with Gasteiger partial charge in [-0.25, -0.2) is 0 Å². The molecule has 0 aliphatic carbocycles. The van der Waals surface area contributed by atoms with Crippen molar-refractivity contribution in [1.29, 1.82) is 0 Å². The van der Waals surface area contributed by atoms with Crippen LogP contribution in [-0.2, 0) is 23.8 Å². The third kappa shape index (κ3) is 3.03. The molecule has 4 aliphatic heterocycles. The fraction of sp³-hybridized carbons (Fsp3) is 1.00. The molecule has 23 heavy (non-hydrogen) atoms. The molecule has 0 aromatic carbocycles. The zero-order valence-corrected chi connectivity index (χ0v) is 13.6.